The van der Waals surface area contributed by atoms with Crippen molar-refractivity contribution in [3.8, 4) is 0 Å². The first kappa shape index (κ1) is 21.5. The third-order valence-corrected chi connectivity index (χ3v) is 4.39. The Morgan fingerprint density at radius 2 is 1.79 bits per heavy atom. The molecule has 1 aliphatic carbocycles. The van der Waals surface area contributed by atoms with Gasteiger partial charge in [0, 0.05) is 6.20 Å². The van der Waals surface area contributed by atoms with E-state index in [1.807, 2.05) is 0 Å². The van der Waals surface area contributed by atoms with Crippen LogP contribution in [0.4, 0.5) is 19.0 Å². The summed E-state index contributed by atoms with van der Waals surface area (Å²) in [5.74, 6) is -4.49. The number of imidazole rings is 1. The number of amides is 1. The summed E-state index contributed by atoms with van der Waals surface area (Å²) < 4.78 is 33.4. The Morgan fingerprint density at radius 1 is 1.21 bits per heavy atom. The summed E-state index contributed by atoms with van der Waals surface area (Å²) in [5, 5.41) is 19.5. The Bertz CT molecular complexity index is 928. The SMILES string of the molecule is Cc1nc2ccc(Cl)cn2c1NC(=O)[C@@H]1CC[C@@H]1C(=O)O.O=C(O)C(F)(F)F. The number of hydrogen-bond donors (Lipinski definition) is 3. The molecule has 28 heavy (non-hydrogen) atoms. The van der Waals surface area contributed by atoms with Crippen LogP contribution in [-0.4, -0.2) is 43.6 Å². The van der Waals surface area contributed by atoms with Crippen molar-refractivity contribution in [2.24, 2.45) is 11.8 Å². The quantitative estimate of drug-likeness (QED) is 0.700. The Kier molecular flexibility index (Phi) is 6.17. The zero-order chi connectivity index (χ0) is 21.2. The Labute approximate surface area is 160 Å². The number of nitrogens with one attached hydrogen (secondary N) is 1. The van der Waals surface area contributed by atoms with Gasteiger partial charge in [-0.3, -0.25) is 14.0 Å². The van der Waals surface area contributed by atoms with Gasteiger partial charge in [-0.15, -0.1) is 0 Å². The smallest absolute Gasteiger partial charge is 0.481 e. The fraction of sp³-hybridized carbons (Fsp3) is 0.375. The molecule has 3 N–H and O–H groups in total. The molecule has 0 unspecified atom stereocenters. The van der Waals surface area contributed by atoms with Gasteiger partial charge >= 0.3 is 18.1 Å². The third kappa shape index (κ3) is 4.71. The summed E-state index contributed by atoms with van der Waals surface area (Å²) in [6.07, 6.45) is -2.27. The van der Waals surface area contributed by atoms with Crippen molar-refractivity contribution in [2.45, 2.75) is 25.9 Å². The van der Waals surface area contributed by atoms with Gasteiger partial charge in [-0.2, -0.15) is 13.2 Å². The average Bonchev–Trinajstić information content (AvgIpc) is 2.81. The maximum atomic E-state index is 12.2. The van der Waals surface area contributed by atoms with Crippen LogP contribution in [0.1, 0.15) is 18.5 Å². The Hall–Kier alpha value is -2.82. The summed E-state index contributed by atoms with van der Waals surface area (Å²) in [6.45, 7) is 1.78. The highest BCUT2D eigenvalue weighted by Crippen LogP contribution is 2.35. The molecule has 2 aromatic heterocycles. The fourth-order valence-corrected chi connectivity index (χ4v) is 2.77. The lowest BCUT2D eigenvalue weighted by molar-refractivity contribution is -0.192. The van der Waals surface area contributed by atoms with Crippen LogP contribution in [0.15, 0.2) is 18.3 Å². The number of carboxylic acid groups (broad SMARTS) is 2. The lowest BCUT2D eigenvalue weighted by atomic mass is 9.73. The van der Waals surface area contributed by atoms with Crippen LogP contribution in [0.5, 0.6) is 0 Å². The zero-order valence-electron chi connectivity index (χ0n) is 14.3. The summed E-state index contributed by atoms with van der Waals surface area (Å²) in [5.41, 5.74) is 1.34. The molecule has 0 spiro atoms. The topological polar surface area (TPSA) is 121 Å². The fourth-order valence-electron chi connectivity index (χ4n) is 2.61. The third-order valence-electron chi connectivity index (χ3n) is 4.17. The van der Waals surface area contributed by atoms with E-state index in [0.717, 1.165) is 0 Å². The van der Waals surface area contributed by atoms with Gasteiger partial charge in [0.15, 0.2) is 0 Å². The maximum absolute atomic E-state index is 12.2. The normalized spacial score (nSPS) is 18.6. The zero-order valence-corrected chi connectivity index (χ0v) is 15.1. The highest BCUT2D eigenvalue weighted by Gasteiger charge is 2.41. The van der Waals surface area contributed by atoms with Crippen LogP contribution in [-0.2, 0) is 14.4 Å². The molecule has 0 radical (unpaired) electrons. The number of anilines is 1. The maximum Gasteiger partial charge on any atom is 0.490 e. The van der Waals surface area contributed by atoms with Crippen molar-refractivity contribution in [2.75, 3.05) is 5.32 Å². The second kappa shape index (κ2) is 8.05. The number of aryl methyl sites for hydroxylation is 1. The molecule has 8 nitrogen and oxygen atoms in total. The number of halogens is 4. The number of nitrogens with zero attached hydrogens (tertiary/aromatic N) is 2. The molecule has 152 valence electrons. The molecule has 0 bridgehead atoms. The van der Waals surface area contributed by atoms with E-state index in [-0.39, 0.29) is 5.91 Å². The molecule has 1 fully saturated rings. The van der Waals surface area contributed by atoms with Crippen molar-refractivity contribution >= 4 is 40.9 Å². The van der Waals surface area contributed by atoms with E-state index < -0.39 is 30.0 Å². The van der Waals surface area contributed by atoms with E-state index >= 15 is 0 Å². The number of carboxylic acids is 2. The molecule has 0 aromatic carbocycles. The lowest BCUT2D eigenvalue weighted by Gasteiger charge is -2.31. The molecule has 0 saturated heterocycles. The molecular formula is C16H15ClF3N3O5. The van der Waals surface area contributed by atoms with Crippen LogP contribution < -0.4 is 5.32 Å². The predicted molar refractivity (Wildman–Crippen MR) is 91.1 cm³/mol. The van der Waals surface area contributed by atoms with Gasteiger partial charge in [0.1, 0.15) is 11.5 Å². The molecule has 2 aromatic rings. The average molecular weight is 422 g/mol. The Morgan fingerprint density at radius 3 is 2.25 bits per heavy atom. The van der Waals surface area contributed by atoms with Gasteiger partial charge in [0.2, 0.25) is 5.91 Å². The first-order valence-electron chi connectivity index (χ1n) is 7.89. The van der Waals surface area contributed by atoms with E-state index in [1.54, 1.807) is 29.7 Å². The monoisotopic (exact) mass is 421 g/mol. The number of fused-ring (bicyclic) bond motifs is 1. The number of aliphatic carboxylic acids is 2. The second-order valence-electron chi connectivity index (χ2n) is 6.04. The van der Waals surface area contributed by atoms with Gasteiger partial charge < -0.3 is 15.5 Å². The number of carbonyl (C=O) groups is 3. The van der Waals surface area contributed by atoms with E-state index in [1.165, 1.54) is 0 Å². The summed E-state index contributed by atoms with van der Waals surface area (Å²) in [4.78, 5) is 36.5. The molecule has 1 amide bonds. The van der Waals surface area contributed by atoms with Crippen molar-refractivity contribution in [3.63, 3.8) is 0 Å². The van der Waals surface area contributed by atoms with E-state index in [0.29, 0.717) is 35.0 Å². The molecule has 2 atom stereocenters. The number of pyridine rings is 1. The van der Waals surface area contributed by atoms with Gasteiger partial charge in [-0.1, -0.05) is 11.6 Å². The first-order valence-corrected chi connectivity index (χ1v) is 8.27. The van der Waals surface area contributed by atoms with E-state index in [2.05, 4.69) is 10.3 Å². The second-order valence-corrected chi connectivity index (χ2v) is 6.48. The molecule has 1 aliphatic rings. The predicted octanol–water partition coefficient (Wildman–Crippen LogP) is 2.98. The molecule has 0 aliphatic heterocycles. The summed E-state index contributed by atoms with van der Waals surface area (Å²) >= 11 is 5.96. The first-order chi connectivity index (χ1) is 12.9. The number of aromatic nitrogens is 2. The number of alkyl halides is 3. The van der Waals surface area contributed by atoms with Gasteiger partial charge in [-0.25, -0.2) is 9.78 Å². The number of carbonyl (C=O) groups excluding carboxylic acids is 1. The molecule has 3 rings (SSSR count). The number of hydrogen-bond acceptors (Lipinski definition) is 4. The van der Waals surface area contributed by atoms with Crippen LogP contribution in [0.3, 0.4) is 0 Å². The van der Waals surface area contributed by atoms with Gasteiger partial charge in [0.05, 0.1) is 22.6 Å². The molecular weight excluding hydrogens is 407 g/mol. The largest absolute Gasteiger partial charge is 0.490 e. The lowest BCUT2D eigenvalue weighted by Crippen LogP contribution is -2.41. The van der Waals surface area contributed by atoms with Crippen molar-refractivity contribution < 1.29 is 37.8 Å². The van der Waals surface area contributed by atoms with Gasteiger partial charge in [-0.05, 0) is 31.9 Å². The minimum Gasteiger partial charge on any atom is -0.481 e. The van der Waals surface area contributed by atoms with Gasteiger partial charge in [0.25, 0.3) is 0 Å². The molecule has 2 heterocycles. The Balaban J connectivity index is 0.000000345. The molecule has 1 saturated carbocycles. The highest BCUT2D eigenvalue weighted by molar-refractivity contribution is 6.30. The molecule has 12 heteroatoms. The minimum atomic E-state index is -5.08. The minimum absolute atomic E-state index is 0.279. The van der Waals surface area contributed by atoms with Crippen LogP contribution >= 0.6 is 11.6 Å². The highest BCUT2D eigenvalue weighted by atomic mass is 35.5. The van der Waals surface area contributed by atoms with Crippen molar-refractivity contribution in [3.05, 3.63) is 29.0 Å². The van der Waals surface area contributed by atoms with E-state index in [4.69, 9.17) is 26.6 Å². The van der Waals surface area contributed by atoms with Crippen molar-refractivity contribution in [1.29, 1.82) is 0 Å². The van der Waals surface area contributed by atoms with Crippen LogP contribution in [0.2, 0.25) is 5.02 Å². The van der Waals surface area contributed by atoms with E-state index in [9.17, 15) is 22.8 Å². The van der Waals surface area contributed by atoms with Crippen molar-refractivity contribution in [1.82, 2.24) is 9.38 Å². The van der Waals surface area contributed by atoms with Crippen LogP contribution in [0.25, 0.3) is 5.65 Å². The summed E-state index contributed by atoms with van der Waals surface area (Å²) in [6, 6.07) is 3.48. The summed E-state index contributed by atoms with van der Waals surface area (Å²) in [7, 11) is 0. The standard InChI is InChI=1S/C14H14ClN3O3.C2HF3O2/c1-7-12(18-6-8(15)2-5-11(18)16-7)17-13(19)9-3-4-10(9)14(20)21;3-2(4,5)1(6)7/h2,5-6,9-10H,3-4H2,1H3,(H,17,19)(H,20,21);(H,6,7)/t9-,10+;/m1./s1. The number of rotatable bonds is 3. The van der Waals surface area contributed by atoms with Crippen LogP contribution in [0, 0.1) is 18.8 Å².